The number of ether oxygens (including phenoxy) is 2. The van der Waals surface area contributed by atoms with Crippen molar-refractivity contribution < 1.29 is 14.3 Å². The minimum atomic E-state index is 0.0615. The average Bonchev–Trinajstić information content (AvgIpc) is 3.15. The van der Waals surface area contributed by atoms with Gasteiger partial charge in [0.1, 0.15) is 13.2 Å². The second kappa shape index (κ2) is 8.84. The van der Waals surface area contributed by atoms with Gasteiger partial charge in [0, 0.05) is 17.6 Å². The maximum Gasteiger partial charge on any atom is 0.234 e. The van der Waals surface area contributed by atoms with Crippen LogP contribution in [0, 0.1) is 0 Å². The van der Waals surface area contributed by atoms with Crippen LogP contribution < -0.4 is 14.8 Å². The molecule has 0 bridgehead atoms. The molecular formula is C22H25ClN2O3. The number of fused-ring (bicyclic) bond motifs is 1. The Balaban J connectivity index is 1.31. The molecule has 0 aliphatic carbocycles. The third kappa shape index (κ3) is 4.59. The standard InChI is InChI=1S/C22H25ClN2O3/c23-18-4-1-3-16(13-18)8-9-24-22(26)15-25-10-2-5-19(25)17-6-7-20-21(14-17)28-12-11-27-20/h1,3-4,6-7,13-14,19H,2,5,8-12,15H2,(H,24,26)/t19-/m1/s1. The van der Waals surface area contributed by atoms with Crippen LogP contribution in [0.5, 0.6) is 11.5 Å². The number of carbonyl (C=O) groups excluding carboxylic acids is 1. The van der Waals surface area contributed by atoms with Crippen molar-refractivity contribution in [3.8, 4) is 11.5 Å². The lowest BCUT2D eigenvalue weighted by Crippen LogP contribution is -2.37. The predicted molar refractivity (Wildman–Crippen MR) is 109 cm³/mol. The lowest BCUT2D eigenvalue weighted by atomic mass is 10.0. The van der Waals surface area contributed by atoms with Gasteiger partial charge in [0.25, 0.3) is 0 Å². The first-order valence-corrected chi connectivity index (χ1v) is 10.2. The summed E-state index contributed by atoms with van der Waals surface area (Å²) in [5.74, 6) is 1.67. The maximum atomic E-state index is 12.4. The molecule has 148 valence electrons. The molecule has 0 aromatic heterocycles. The van der Waals surface area contributed by atoms with Gasteiger partial charge >= 0.3 is 0 Å². The lowest BCUT2D eigenvalue weighted by molar-refractivity contribution is -0.122. The Morgan fingerprint density at radius 1 is 1.14 bits per heavy atom. The van der Waals surface area contributed by atoms with Crippen molar-refractivity contribution in [1.82, 2.24) is 10.2 Å². The van der Waals surface area contributed by atoms with Gasteiger partial charge in [-0.3, -0.25) is 9.69 Å². The van der Waals surface area contributed by atoms with Crippen LogP contribution in [-0.4, -0.2) is 43.7 Å². The van der Waals surface area contributed by atoms with Gasteiger partial charge in [-0.15, -0.1) is 0 Å². The number of rotatable bonds is 6. The molecule has 4 rings (SSSR count). The third-order valence-corrected chi connectivity index (χ3v) is 5.52. The van der Waals surface area contributed by atoms with Gasteiger partial charge in [-0.1, -0.05) is 29.8 Å². The number of likely N-dealkylation sites (tertiary alicyclic amines) is 1. The summed E-state index contributed by atoms with van der Waals surface area (Å²) in [4.78, 5) is 14.7. The average molecular weight is 401 g/mol. The van der Waals surface area contributed by atoms with Crippen LogP contribution in [0.1, 0.15) is 30.0 Å². The Bertz CT molecular complexity index is 842. The number of nitrogens with zero attached hydrogens (tertiary/aromatic N) is 1. The molecule has 1 N–H and O–H groups in total. The summed E-state index contributed by atoms with van der Waals surface area (Å²) in [6, 6.07) is 14.1. The van der Waals surface area contributed by atoms with Crippen molar-refractivity contribution in [2.45, 2.75) is 25.3 Å². The number of amides is 1. The van der Waals surface area contributed by atoms with E-state index in [4.69, 9.17) is 21.1 Å². The van der Waals surface area contributed by atoms with E-state index in [2.05, 4.69) is 22.3 Å². The van der Waals surface area contributed by atoms with E-state index in [1.54, 1.807) is 0 Å². The zero-order valence-corrected chi connectivity index (χ0v) is 16.6. The smallest absolute Gasteiger partial charge is 0.234 e. The van der Waals surface area contributed by atoms with E-state index >= 15 is 0 Å². The molecule has 2 aromatic carbocycles. The minimum Gasteiger partial charge on any atom is -0.486 e. The van der Waals surface area contributed by atoms with Crippen molar-refractivity contribution in [2.24, 2.45) is 0 Å². The fourth-order valence-electron chi connectivity index (χ4n) is 3.94. The second-order valence-electron chi connectivity index (χ2n) is 7.26. The van der Waals surface area contributed by atoms with Crippen LogP contribution in [0.4, 0.5) is 0 Å². The second-order valence-corrected chi connectivity index (χ2v) is 7.70. The van der Waals surface area contributed by atoms with Gasteiger partial charge in [-0.25, -0.2) is 0 Å². The lowest BCUT2D eigenvalue weighted by Gasteiger charge is -2.26. The van der Waals surface area contributed by atoms with E-state index in [9.17, 15) is 4.79 Å². The molecule has 1 saturated heterocycles. The van der Waals surface area contributed by atoms with Crippen LogP contribution >= 0.6 is 11.6 Å². The Hall–Kier alpha value is -2.24. The van der Waals surface area contributed by atoms with Gasteiger partial charge in [-0.05, 0) is 61.2 Å². The zero-order valence-electron chi connectivity index (χ0n) is 15.8. The summed E-state index contributed by atoms with van der Waals surface area (Å²) in [7, 11) is 0. The molecule has 28 heavy (non-hydrogen) atoms. The van der Waals surface area contributed by atoms with E-state index in [1.807, 2.05) is 30.3 Å². The number of hydrogen-bond donors (Lipinski definition) is 1. The molecule has 0 radical (unpaired) electrons. The van der Waals surface area contributed by atoms with Crippen LogP contribution in [0.15, 0.2) is 42.5 Å². The largest absolute Gasteiger partial charge is 0.486 e. The molecule has 1 fully saturated rings. The van der Waals surface area contributed by atoms with E-state index in [1.165, 1.54) is 5.56 Å². The predicted octanol–water partition coefficient (Wildman–Crippen LogP) is 3.61. The van der Waals surface area contributed by atoms with Crippen LogP contribution in [0.3, 0.4) is 0 Å². The monoisotopic (exact) mass is 400 g/mol. The number of benzene rings is 2. The first-order chi connectivity index (χ1) is 13.7. The summed E-state index contributed by atoms with van der Waals surface area (Å²) in [6.45, 7) is 3.13. The molecule has 6 heteroatoms. The van der Waals surface area contributed by atoms with Crippen molar-refractivity contribution in [2.75, 3.05) is 32.8 Å². The molecule has 2 heterocycles. The quantitative estimate of drug-likeness (QED) is 0.804. The Labute approximate surface area is 170 Å². The first kappa shape index (κ1) is 19.1. The highest BCUT2D eigenvalue weighted by molar-refractivity contribution is 6.30. The molecule has 5 nitrogen and oxygen atoms in total. The molecule has 2 aliphatic heterocycles. The van der Waals surface area contributed by atoms with Gasteiger partial charge in [0.15, 0.2) is 11.5 Å². The molecule has 1 amide bonds. The molecule has 0 saturated carbocycles. The Kier molecular flexibility index (Phi) is 6.03. The van der Waals surface area contributed by atoms with E-state index in [0.29, 0.717) is 26.3 Å². The summed E-state index contributed by atoms with van der Waals surface area (Å²) in [5, 5.41) is 3.76. The van der Waals surface area contributed by atoms with Crippen molar-refractivity contribution in [3.05, 3.63) is 58.6 Å². The fraction of sp³-hybridized carbons (Fsp3) is 0.409. The topological polar surface area (TPSA) is 50.8 Å². The van der Waals surface area contributed by atoms with Crippen molar-refractivity contribution >= 4 is 17.5 Å². The highest BCUT2D eigenvalue weighted by atomic mass is 35.5. The summed E-state index contributed by atoms with van der Waals surface area (Å²) in [6.07, 6.45) is 2.92. The molecule has 1 atom stereocenters. The Morgan fingerprint density at radius 3 is 2.86 bits per heavy atom. The molecule has 2 aliphatic rings. The number of hydrogen-bond acceptors (Lipinski definition) is 4. The summed E-state index contributed by atoms with van der Waals surface area (Å²) in [5.41, 5.74) is 2.32. The van der Waals surface area contributed by atoms with E-state index in [0.717, 1.165) is 47.9 Å². The van der Waals surface area contributed by atoms with Crippen molar-refractivity contribution in [3.63, 3.8) is 0 Å². The molecule has 0 spiro atoms. The third-order valence-electron chi connectivity index (χ3n) is 5.29. The van der Waals surface area contributed by atoms with Crippen molar-refractivity contribution in [1.29, 1.82) is 0 Å². The van der Waals surface area contributed by atoms with Gasteiger partial charge < -0.3 is 14.8 Å². The summed E-state index contributed by atoms with van der Waals surface area (Å²) < 4.78 is 11.3. The normalized spacial score (nSPS) is 18.8. The summed E-state index contributed by atoms with van der Waals surface area (Å²) >= 11 is 6.01. The zero-order chi connectivity index (χ0) is 19.3. The van der Waals surface area contributed by atoms with Crippen LogP contribution in [0.2, 0.25) is 5.02 Å². The minimum absolute atomic E-state index is 0.0615. The number of carbonyl (C=O) groups is 1. The van der Waals surface area contributed by atoms with Gasteiger partial charge in [-0.2, -0.15) is 0 Å². The highest BCUT2D eigenvalue weighted by Gasteiger charge is 2.28. The molecule has 0 unspecified atom stereocenters. The molecule has 2 aromatic rings. The van der Waals surface area contributed by atoms with Gasteiger partial charge in [0.2, 0.25) is 5.91 Å². The first-order valence-electron chi connectivity index (χ1n) is 9.84. The highest BCUT2D eigenvalue weighted by Crippen LogP contribution is 2.37. The fourth-order valence-corrected chi connectivity index (χ4v) is 4.15. The number of nitrogens with one attached hydrogen (secondary N) is 1. The maximum absolute atomic E-state index is 12.4. The van der Waals surface area contributed by atoms with Crippen LogP contribution in [-0.2, 0) is 11.2 Å². The van der Waals surface area contributed by atoms with E-state index in [-0.39, 0.29) is 11.9 Å². The number of halogens is 1. The van der Waals surface area contributed by atoms with Gasteiger partial charge in [0.05, 0.1) is 6.54 Å². The Morgan fingerprint density at radius 2 is 2.00 bits per heavy atom. The molecular weight excluding hydrogens is 376 g/mol. The van der Waals surface area contributed by atoms with Crippen LogP contribution in [0.25, 0.3) is 0 Å². The SMILES string of the molecule is O=C(CN1CCC[C@@H]1c1ccc2c(c1)OCCO2)NCCc1cccc(Cl)c1. The van der Waals surface area contributed by atoms with E-state index < -0.39 is 0 Å².